The molecule has 0 fully saturated rings. The van der Waals surface area contributed by atoms with Crippen LogP contribution in [-0.4, -0.2) is 10.8 Å². The van der Waals surface area contributed by atoms with Gasteiger partial charge in [-0.1, -0.05) is 42.4 Å². The second-order valence-corrected chi connectivity index (χ2v) is 3.61. The molecule has 0 amide bonds. The van der Waals surface area contributed by atoms with Crippen molar-refractivity contribution in [1.29, 1.82) is 0 Å². The molecule has 0 saturated heterocycles. The molecule has 0 saturated carbocycles. The van der Waals surface area contributed by atoms with E-state index in [-0.39, 0.29) is 5.92 Å². The van der Waals surface area contributed by atoms with E-state index in [2.05, 4.69) is 5.16 Å². The zero-order valence-corrected chi connectivity index (χ0v) is 8.27. The summed E-state index contributed by atoms with van der Waals surface area (Å²) < 4.78 is 0. The Morgan fingerprint density at radius 3 is 2.50 bits per heavy atom. The SMILES string of the molecule is CC1=NOC(O)(c2ccccc2)C1C. The first-order valence-electron chi connectivity index (χ1n) is 4.65. The van der Waals surface area contributed by atoms with Crippen LogP contribution in [0.1, 0.15) is 19.4 Å². The van der Waals surface area contributed by atoms with Crippen LogP contribution in [0.25, 0.3) is 0 Å². The molecule has 2 atom stereocenters. The fourth-order valence-electron chi connectivity index (χ4n) is 1.56. The molecule has 0 bridgehead atoms. The van der Waals surface area contributed by atoms with E-state index in [4.69, 9.17) is 4.84 Å². The molecule has 1 aromatic rings. The number of benzene rings is 1. The molecule has 0 radical (unpaired) electrons. The molecule has 0 aromatic heterocycles. The van der Waals surface area contributed by atoms with Crippen molar-refractivity contribution in [3.8, 4) is 0 Å². The Bertz CT molecular complexity index is 361. The molecule has 1 N–H and O–H groups in total. The molecule has 3 heteroatoms. The van der Waals surface area contributed by atoms with Crippen LogP contribution in [0.5, 0.6) is 0 Å². The lowest BCUT2D eigenvalue weighted by molar-refractivity contribution is -0.214. The summed E-state index contributed by atoms with van der Waals surface area (Å²) in [5.41, 5.74) is 1.56. The van der Waals surface area contributed by atoms with E-state index in [0.29, 0.717) is 0 Å². The van der Waals surface area contributed by atoms with Crippen molar-refractivity contribution in [2.45, 2.75) is 19.6 Å². The summed E-state index contributed by atoms with van der Waals surface area (Å²) in [6.07, 6.45) is 0. The van der Waals surface area contributed by atoms with Crippen molar-refractivity contribution < 1.29 is 9.94 Å². The molecule has 1 heterocycles. The van der Waals surface area contributed by atoms with Gasteiger partial charge in [0, 0.05) is 5.56 Å². The van der Waals surface area contributed by atoms with Crippen LogP contribution in [0.2, 0.25) is 0 Å². The highest BCUT2D eigenvalue weighted by atomic mass is 16.7. The van der Waals surface area contributed by atoms with E-state index in [0.717, 1.165) is 11.3 Å². The van der Waals surface area contributed by atoms with Crippen LogP contribution < -0.4 is 0 Å². The summed E-state index contributed by atoms with van der Waals surface area (Å²) in [5, 5.41) is 14.1. The summed E-state index contributed by atoms with van der Waals surface area (Å²) >= 11 is 0. The number of nitrogens with zero attached hydrogens (tertiary/aromatic N) is 1. The first kappa shape index (κ1) is 9.21. The fourth-order valence-corrected chi connectivity index (χ4v) is 1.56. The van der Waals surface area contributed by atoms with E-state index in [1.165, 1.54) is 0 Å². The van der Waals surface area contributed by atoms with E-state index < -0.39 is 5.79 Å². The average molecular weight is 191 g/mol. The minimum atomic E-state index is -1.29. The van der Waals surface area contributed by atoms with Crippen LogP contribution in [0, 0.1) is 5.92 Å². The predicted octanol–water partition coefficient (Wildman–Crippen LogP) is 1.87. The second-order valence-electron chi connectivity index (χ2n) is 3.61. The molecule has 2 rings (SSSR count). The molecule has 1 aliphatic rings. The average Bonchev–Trinajstić information content (AvgIpc) is 2.49. The lowest BCUT2D eigenvalue weighted by Gasteiger charge is -2.25. The number of oxime groups is 1. The summed E-state index contributed by atoms with van der Waals surface area (Å²) in [7, 11) is 0. The van der Waals surface area contributed by atoms with Gasteiger partial charge in [-0.05, 0) is 6.92 Å². The van der Waals surface area contributed by atoms with Gasteiger partial charge in [-0.25, -0.2) is 0 Å². The van der Waals surface area contributed by atoms with E-state index in [1.807, 2.05) is 44.2 Å². The van der Waals surface area contributed by atoms with Gasteiger partial charge < -0.3 is 9.94 Å². The first-order chi connectivity index (χ1) is 6.64. The van der Waals surface area contributed by atoms with Gasteiger partial charge in [0.1, 0.15) is 0 Å². The number of hydrogen-bond acceptors (Lipinski definition) is 3. The molecule has 1 aromatic carbocycles. The van der Waals surface area contributed by atoms with E-state index in [1.54, 1.807) is 0 Å². The molecule has 14 heavy (non-hydrogen) atoms. The smallest absolute Gasteiger partial charge is 0.268 e. The first-order valence-corrected chi connectivity index (χ1v) is 4.65. The van der Waals surface area contributed by atoms with Crippen molar-refractivity contribution in [2.75, 3.05) is 0 Å². The Hall–Kier alpha value is -1.35. The standard InChI is InChI=1S/C11H13NO2/c1-8-9(2)12-14-11(8,13)10-6-4-3-5-7-10/h3-8,13H,1-2H3. The Kier molecular flexibility index (Phi) is 2.04. The van der Waals surface area contributed by atoms with Gasteiger partial charge in [0.05, 0.1) is 11.6 Å². The Balaban J connectivity index is 2.36. The molecule has 0 spiro atoms. The van der Waals surface area contributed by atoms with Crippen molar-refractivity contribution in [2.24, 2.45) is 11.1 Å². The van der Waals surface area contributed by atoms with E-state index in [9.17, 15) is 5.11 Å². The minimum Gasteiger partial charge on any atom is -0.355 e. The highest BCUT2D eigenvalue weighted by Gasteiger charge is 2.44. The number of hydrogen-bond donors (Lipinski definition) is 1. The number of aliphatic hydroxyl groups is 1. The normalized spacial score (nSPS) is 31.1. The maximum Gasteiger partial charge on any atom is 0.268 e. The van der Waals surface area contributed by atoms with Crippen molar-refractivity contribution >= 4 is 5.71 Å². The maximum atomic E-state index is 10.3. The molecular formula is C11H13NO2. The topological polar surface area (TPSA) is 41.8 Å². The second kappa shape index (κ2) is 3.10. The van der Waals surface area contributed by atoms with Gasteiger partial charge >= 0.3 is 0 Å². The zero-order valence-electron chi connectivity index (χ0n) is 8.27. The molecule has 0 aliphatic carbocycles. The summed E-state index contributed by atoms with van der Waals surface area (Å²) in [6, 6.07) is 9.32. The Morgan fingerprint density at radius 1 is 1.36 bits per heavy atom. The molecular weight excluding hydrogens is 178 g/mol. The molecule has 1 aliphatic heterocycles. The maximum absolute atomic E-state index is 10.3. The Labute approximate surface area is 83.0 Å². The van der Waals surface area contributed by atoms with Crippen LogP contribution >= 0.6 is 0 Å². The third-order valence-corrected chi connectivity index (χ3v) is 2.73. The lowest BCUT2D eigenvalue weighted by atomic mass is 9.91. The highest BCUT2D eigenvalue weighted by molar-refractivity contribution is 5.85. The molecule has 2 unspecified atom stereocenters. The third-order valence-electron chi connectivity index (χ3n) is 2.73. The summed E-state index contributed by atoms with van der Waals surface area (Å²) in [6.45, 7) is 3.75. The van der Waals surface area contributed by atoms with E-state index >= 15 is 0 Å². The summed E-state index contributed by atoms with van der Waals surface area (Å²) in [4.78, 5) is 5.09. The van der Waals surface area contributed by atoms with Gasteiger partial charge in [0.15, 0.2) is 0 Å². The summed E-state index contributed by atoms with van der Waals surface area (Å²) in [5.74, 6) is -1.39. The van der Waals surface area contributed by atoms with Crippen molar-refractivity contribution in [3.63, 3.8) is 0 Å². The predicted molar refractivity (Wildman–Crippen MR) is 53.7 cm³/mol. The van der Waals surface area contributed by atoms with Crippen LogP contribution in [-0.2, 0) is 10.6 Å². The van der Waals surface area contributed by atoms with Gasteiger partial charge in [0.25, 0.3) is 5.79 Å². The number of rotatable bonds is 1. The minimum absolute atomic E-state index is 0.107. The van der Waals surface area contributed by atoms with Gasteiger partial charge in [-0.2, -0.15) is 0 Å². The van der Waals surface area contributed by atoms with Crippen molar-refractivity contribution in [3.05, 3.63) is 35.9 Å². The fraction of sp³-hybridized carbons (Fsp3) is 0.364. The van der Waals surface area contributed by atoms with Gasteiger partial charge in [0.2, 0.25) is 0 Å². The van der Waals surface area contributed by atoms with Gasteiger partial charge in [-0.3, -0.25) is 0 Å². The highest BCUT2D eigenvalue weighted by Crippen LogP contribution is 2.36. The van der Waals surface area contributed by atoms with Crippen LogP contribution in [0.4, 0.5) is 0 Å². The molecule has 3 nitrogen and oxygen atoms in total. The van der Waals surface area contributed by atoms with Crippen LogP contribution in [0.15, 0.2) is 35.5 Å². The lowest BCUT2D eigenvalue weighted by Crippen LogP contribution is -2.33. The van der Waals surface area contributed by atoms with Crippen LogP contribution in [0.3, 0.4) is 0 Å². The van der Waals surface area contributed by atoms with Gasteiger partial charge in [-0.15, -0.1) is 0 Å². The molecule has 74 valence electrons. The largest absolute Gasteiger partial charge is 0.355 e. The third kappa shape index (κ3) is 1.21. The quantitative estimate of drug-likeness (QED) is 0.736. The van der Waals surface area contributed by atoms with Crippen molar-refractivity contribution in [1.82, 2.24) is 0 Å². The zero-order chi connectivity index (χ0) is 10.2. The monoisotopic (exact) mass is 191 g/mol. The Morgan fingerprint density at radius 2 is 2.00 bits per heavy atom.